The van der Waals surface area contributed by atoms with Crippen LogP contribution in [0, 0.1) is 11.6 Å². The van der Waals surface area contributed by atoms with Crippen LogP contribution < -0.4 is 15.5 Å². The summed E-state index contributed by atoms with van der Waals surface area (Å²) in [4.78, 5) is 25.4. The third-order valence-electron chi connectivity index (χ3n) is 3.77. The summed E-state index contributed by atoms with van der Waals surface area (Å²) in [5, 5.41) is 5.45. The van der Waals surface area contributed by atoms with E-state index < -0.39 is 23.1 Å². The molecule has 0 atom stereocenters. The van der Waals surface area contributed by atoms with Crippen LogP contribution in [0.5, 0.6) is 0 Å². The summed E-state index contributed by atoms with van der Waals surface area (Å²) in [5.41, 5.74) is 0.282. The number of halogens is 3. The van der Waals surface area contributed by atoms with E-state index in [0.29, 0.717) is 29.5 Å². The maximum atomic E-state index is 13.7. The second kappa shape index (κ2) is 7.06. The van der Waals surface area contributed by atoms with Crippen LogP contribution in [0.2, 0.25) is 5.02 Å². The molecule has 25 heavy (non-hydrogen) atoms. The van der Waals surface area contributed by atoms with Crippen LogP contribution in [-0.4, -0.2) is 31.4 Å². The number of benzene rings is 2. The molecule has 2 amide bonds. The minimum Gasteiger partial charge on any atom is -0.359 e. The van der Waals surface area contributed by atoms with E-state index in [1.54, 1.807) is 12.1 Å². The predicted octanol–water partition coefficient (Wildman–Crippen LogP) is 2.81. The third-order valence-corrected chi connectivity index (χ3v) is 4.08. The predicted molar refractivity (Wildman–Crippen MR) is 91.0 cm³/mol. The van der Waals surface area contributed by atoms with Gasteiger partial charge in [0.25, 0.3) is 5.91 Å². The number of nitrogens with zero attached hydrogens (tertiary/aromatic N) is 1. The van der Waals surface area contributed by atoms with Crippen LogP contribution in [0.1, 0.15) is 10.4 Å². The number of carbonyl (C=O) groups is 2. The lowest BCUT2D eigenvalue weighted by molar-refractivity contribution is -0.120. The Balaban J connectivity index is 1.79. The number of rotatable bonds is 3. The minimum absolute atomic E-state index is 0.102. The zero-order valence-corrected chi connectivity index (χ0v) is 13.7. The zero-order chi connectivity index (χ0) is 18.0. The molecule has 1 heterocycles. The van der Waals surface area contributed by atoms with Gasteiger partial charge in [0.2, 0.25) is 5.91 Å². The van der Waals surface area contributed by atoms with E-state index in [4.69, 9.17) is 11.6 Å². The fourth-order valence-electron chi connectivity index (χ4n) is 2.59. The molecule has 0 bridgehead atoms. The third kappa shape index (κ3) is 3.71. The maximum Gasteiger partial charge on any atom is 0.261 e. The fraction of sp³-hybridized carbons (Fsp3) is 0.176. The van der Waals surface area contributed by atoms with Crippen molar-refractivity contribution in [2.45, 2.75) is 0 Å². The number of anilines is 2. The second-order valence-electron chi connectivity index (χ2n) is 5.49. The Morgan fingerprint density at radius 3 is 2.56 bits per heavy atom. The Bertz CT molecular complexity index is 824. The van der Waals surface area contributed by atoms with Crippen molar-refractivity contribution < 1.29 is 18.4 Å². The molecule has 2 aromatic carbocycles. The number of carbonyl (C=O) groups excluding carboxylic acids is 2. The summed E-state index contributed by atoms with van der Waals surface area (Å²) in [5.74, 6) is -2.90. The van der Waals surface area contributed by atoms with Crippen LogP contribution in [0.15, 0.2) is 36.4 Å². The van der Waals surface area contributed by atoms with E-state index >= 15 is 0 Å². The molecule has 1 aliphatic heterocycles. The lowest BCUT2D eigenvalue weighted by Gasteiger charge is -2.29. The van der Waals surface area contributed by atoms with Crippen molar-refractivity contribution in [3.63, 3.8) is 0 Å². The quantitative estimate of drug-likeness (QED) is 0.879. The SMILES string of the molecule is O=C1CN(c2ccc(NC(=O)c3c(F)cccc3F)cc2Cl)CCN1. The maximum absolute atomic E-state index is 13.7. The van der Waals surface area contributed by atoms with Gasteiger partial charge in [-0.15, -0.1) is 0 Å². The van der Waals surface area contributed by atoms with Crippen molar-refractivity contribution in [3.05, 3.63) is 58.6 Å². The summed E-state index contributed by atoms with van der Waals surface area (Å²) < 4.78 is 27.3. The highest BCUT2D eigenvalue weighted by Gasteiger charge is 2.20. The number of piperazine rings is 1. The molecule has 8 heteroatoms. The average molecular weight is 366 g/mol. The number of nitrogens with one attached hydrogen (secondary N) is 2. The Morgan fingerprint density at radius 1 is 1.20 bits per heavy atom. The zero-order valence-electron chi connectivity index (χ0n) is 13.0. The number of hydrogen-bond acceptors (Lipinski definition) is 3. The molecular formula is C17H14ClF2N3O2. The molecule has 0 unspecified atom stereocenters. The van der Waals surface area contributed by atoms with Gasteiger partial charge in [-0.3, -0.25) is 9.59 Å². The molecule has 1 aliphatic rings. The summed E-state index contributed by atoms with van der Waals surface area (Å²) >= 11 is 6.23. The van der Waals surface area contributed by atoms with Crippen LogP contribution in [-0.2, 0) is 4.79 Å². The van der Waals surface area contributed by atoms with Crippen LogP contribution >= 0.6 is 11.6 Å². The van der Waals surface area contributed by atoms with Crippen molar-refractivity contribution in [2.75, 3.05) is 29.9 Å². The van der Waals surface area contributed by atoms with Gasteiger partial charge in [0, 0.05) is 18.8 Å². The number of hydrogen-bond donors (Lipinski definition) is 2. The number of amides is 2. The molecule has 1 fully saturated rings. The lowest BCUT2D eigenvalue weighted by Crippen LogP contribution is -2.47. The van der Waals surface area contributed by atoms with Gasteiger partial charge in [-0.1, -0.05) is 17.7 Å². The average Bonchev–Trinajstić information content (AvgIpc) is 2.54. The first-order valence-corrected chi connectivity index (χ1v) is 7.90. The standard InChI is InChI=1S/C17H14ClF2N3O2/c18-11-8-10(4-5-14(11)23-7-6-21-15(24)9-23)22-17(25)16-12(19)2-1-3-13(16)20/h1-5,8H,6-7,9H2,(H,21,24)(H,22,25). The summed E-state index contributed by atoms with van der Waals surface area (Å²) in [6, 6.07) is 7.88. The first-order valence-electron chi connectivity index (χ1n) is 7.52. The molecule has 2 N–H and O–H groups in total. The van der Waals surface area contributed by atoms with Crippen molar-refractivity contribution in [1.29, 1.82) is 0 Å². The van der Waals surface area contributed by atoms with Crippen molar-refractivity contribution >= 4 is 34.8 Å². The van der Waals surface area contributed by atoms with Crippen LogP contribution in [0.3, 0.4) is 0 Å². The summed E-state index contributed by atoms with van der Waals surface area (Å²) in [6.07, 6.45) is 0. The molecule has 0 aliphatic carbocycles. The van der Waals surface area contributed by atoms with E-state index in [2.05, 4.69) is 10.6 Å². The van der Waals surface area contributed by atoms with E-state index in [0.717, 1.165) is 12.1 Å². The molecule has 5 nitrogen and oxygen atoms in total. The van der Waals surface area contributed by atoms with Gasteiger partial charge in [0.15, 0.2) is 0 Å². The lowest BCUT2D eigenvalue weighted by atomic mass is 10.1. The molecule has 0 spiro atoms. The smallest absolute Gasteiger partial charge is 0.261 e. The van der Waals surface area contributed by atoms with Crippen LogP contribution in [0.25, 0.3) is 0 Å². The molecule has 130 valence electrons. The molecule has 0 aromatic heterocycles. The normalized spacial score (nSPS) is 14.2. The minimum atomic E-state index is -0.945. The highest BCUT2D eigenvalue weighted by molar-refractivity contribution is 6.33. The molecule has 1 saturated heterocycles. The van der Waals surface area contributed by atoms with E-state index in [9.17, 15) is 18.4 Å². The monoisotopic (exact) mass is 365 g/mol. The van der Waals surface area contributed by atoms with Gasteiger partial charge < -0.3 is 15.5 Å². The fourth-order valence-corrected chi connectivity index (χ4v) is 2.89. The van der Waals surface area contributed by atoms with Gasteiger partial charge in [0.05, 0.1) is 17.3 Å². The van der Waals surface area contributed by atoms with Crippen LogP contribution in [0.4, 0.5) is 20.2 Å². The molecule has 0 saturated carbocycles. The molecule has 3 rings (SSSR count). The topological polar surface area (TPSA) is 61.4 Å². The van der Waals surface area contributed by atoms with E-state index in [1.165, 1.54) is 12.1 Å². The van der Waals surface area contributed by atoms with Gasteiger partial charge in [0.1, 0.15) is 17.2 Å². The molecule has 0 radical (unpaired) electrons. The van der Waals surface area contributed by atoms with Gasteiger partial charge in [-0.2, -0.15) is 0 Å². The van der Waals surface area contributed by atoms with Crippen molar-refractivity contribution in [1.82, 2.24) is 5.32 Å². The Morgan fingerprint density at radius 2 is 1.92 bits per heavy atom. The molecular weight excluding hydrogens is 352 g/mol. The highest BCUT2D eigenvalue weighted by atomic mass is 35.5. The Hall–Kier alpha value is -2.67. The van der Waals surface area contributed by atoms with Crippen molar-refractivity contribution in [3.8, 4) is 0 Å². The summed E-state index contributed by atoms with van der Waals surface area (Å²) in [7, 11) is 0. The highest BCUT2D eigenvalue weighted by Crippen LogP contribution is 2.29. The Kier molecular flexibility index (Phi) is 4.85. The first-order chi connectivity index (χ1) is 12.0. The van der Waals surface area contributed by atoms with Crippen molar-refractivity contribution in [2.24, 2.45) is 0 Å². The Labute approximate surface area is 147 Å². The van der Waals surface area contributed by atoms with Gasteiger partial charge in [-0.05, 0) is 30.3 Å². The second-order valence-corrected chi connectivity index (χ2v) is 5.90. The first kappa shape index (κ1) is 17.2. The van der Waals surface area contributed by atoms with E-state index in [1.807, 2.05) is 4.90 Å². The largest absolute Gasteiger partial charge is 0.359 e. The van der Waals surface area contributed by atoms with Gasteiger partial charge in [-0.25, -0.2) is 8.78 Å². The summed E-state index contributed by atoms with van der Waals surface area (Å²) in [6.45, 7) is 1.31. The van der Waals surface area contributed by atoms with E-state index in [-0.39, 0.29) is 12.5 Å². The molecule has 2 aromatic rings. The van der Waals surface area contributed by atoms with Gasteiger partial charge >= 0.3 is 0 Å².